The summed E-state index contributed by atoms with van der Waals surface area (Å²) in [5.41, 5.74) is 6.88. The summed E-state index contributed by atoms with van der Waals surface area (Å²) in [5, 5.41) is 11.3. The lowest BCUT2D eigenvalue weighted by molar-refractivity contribution is 0.265. The van der Waals surface area contributed by atoms with Gasteiger partial charge in [-0.1, -0.05) is 42.5 Å². The lowest BCUT2D eigenvalue weighted by Crippen LogP contribution is -2.26. The van der Waals surface area contributed by atoms with Crippen LogP contribution in [-0.2, 0) is 6.42 Å². The second kappa shape index (κ2) is 4.43. The maximum Gasteiger partial charge on any atom is 0.0585 e. The van der Waals surface area contributed by atoms with E-state index < -0.39 is 0 Å². The van der Waals surface area contributed by atoms with Crippen molar-refractivity contribution in [3.05, 3.63) is 48.0 Å². The second-order valence-corrected chi connectivity index (χ2v) is 3.83. The van der Waals surface area contributed by atoms with E-state index in [2.05, 4.69) is 30.3 Å². The molecular weight excluding hydrogens is 186 g/mol. The van der Waals surface area contributed by atoms with Crippen LogP contribution in [0.2, 0.25) is 0 Å². The van der Waals surface area contributed by atoms with Gasteiger partial charge in [0.05, 0.1) is 6.61 Å². The van der Waals surface area contributed by atoms with Crippen molar-refractivity contribution in [1.82, 2.24) is 0 Å². The topological polar surface area (TPSA) is 46.2 Å². The number of aliphatic hydroxyl groups excluding tert-OH is 1. The van der Waals surface area contributed by atoms with Gasteiger partial charge >= 0.3 is 0 Å². The minimum Gasteiger partial charge on any atom is -0.395 e. The number of hydrogen-bond acceptors (Lipinski definition) is 2. The Kier molecular flexibility index (Phi) is 2.99. The Labute approximate surface area is 89.3 Å². The molecule has 0 aliphatic rings. The van der Waals surface area contributed by atoms with Gasteiger partial charge in [-0.15, -0.1) is 0 Å². The van der Waals surface area contributed by atoms with Gasteiger partial charge in [-0.05, 0) is 22.8 Å². The van der Waals surface area contributed by atoms with E-state index in [1.165, 1.54) is 16.3 Å². The minimum atomic E-state index is -0.161. The van der Waals surface area contributed by atoms with Crippen LogP contribution in [0.25, 0.3) is 10.8 Å². The van der Waals surface area contributed by atoms with Gasteiger partial charge in [0.25, 0.3) is 0 Å². The lowest BCUT2D eigenvalue weighted by atomic mass is 10.0. The summed E-state index contributed by atoms with van der Waals surface area (Å²) in [5.74, 6) is 0. The van der Waals surface area contributed by atoms with Crippen molar-refractivity contribution in [1.29, 1.82) is 0 Å². The Morgan fingerprint density at radius 2 is 1.80 bits per heavy atom. The van der Waals surface area contributed by atoms with Crippen molar-refractivity contribution >= 4 is 10.8 Å². The third kappa shape index (κ3) is 2.35. The van der Waals surface area contributed by atoms with Gasteiger partial charge < -0.3 is 10.8 Å². The SMILES string of the molecule is N[C@H](CO)Cc1ccc2ccccc2c1. The fourth-order valence-electron chi connectivity index (χ4n) is 1.73. The molecule has 1 atom stereocenters. The number of fused-ring (bicyclic) bond motifs is 1. The molecule has 0 aliphatic carbocycles. The molecule has 2 nitrogen and oxygen atoms in total. The maximum absolute atomic E-state index is 8.88. The average molecular weight is 201 g/mol. The molecule has 0 unspecified atom stereocenters. The van der Waals surface area contributed by atoms with Gasteiger partial charge in [-0.2, -0.15) is 0 Å². The molecule has 0 saturated heterocycles. The largest absolute Gasteiger partial charge is 0.395 e. The van der Waals surface area contributed by atoms with Gasteiger partial charge in [0.15, 0.2) is 0 Å². The fraction of sp³-hybridized carbons (Fsp3) is 0.231. The van der Waals surface area contributed by atoms with Crippen molar-refractivity contribution in [2.24, 2.45) is 5.73 Å². The van der Waals surface area contributed by atoms with Crippen LogP contribution in [0.4, 0.5) is 0 Å². The van der Waals surface area contributed by atoms with Crippen LogP contribution in [-0.4, -0.2) is 17.8 Å². The highest BCUT2D eigenvalue weighted by atomic mass is 16.3. The number of benzene rings is 2. The van der Waals surface area contributed by atoms with Crippen molar-refractivity contribution in [3.63, 3.8) is 0 Å². The molecule has 2 aromatic rings. The fourth-order valence-corrected chi connectivity index (χ4v) is 1.73. The van der Waals surface area contributed by atoms with Crippen molar-refractivity contribution in [2.45, 2.75) is 12.5 Å². The van der Waals surface area contributed by atoms with Crippen molar-refractivity contribution in [2.75, 3.05) is 6.61 Å². The molecule has 0 amide bonds. The molecule has 2 rings (SSSR count). The average Bonchev–Trinajstić information content (AvgIpc) is 2.29. The molecule has 0 radical (unpaired) electrons. The molecule has 15 heavy (non-hydrogen) atoms. The standard InChI is InChI=1S/C13H15NO/c14-13(9-15)8-10-5-6-11-3-1-2-4-12(11)7-10/h1-7,13,15H,8-9,14H2/t13-/m0/s1. The van der Waals surface area contributed by atoms with Crippen LogP contribution in [0.3, 0.4) is 0 Å². The lowest BCUT2D eigenvalue weighted by Gasteiger charge is -2.08. The predicted octanol–water partition coefficient (Wildman–Crippen LogP) is 1.70. The Bertz CT molecular complexity index is 453. The molecule has 3 N–H and O–H groups in total. The predicted molar refractivity (Wildman–Crippen MR) is 62.7 cm³/mol. The molecule has 2 aromatic carbocycles. The molecule has 78 valence electrons. The molecule has 0 aromatic heterocycles. The van der Waals surface area contributed by atoms with Gasteiger partial charge in [-0.25, -0.2) is 0 Å². The van der Waals surface area contributed by atoms with E-state index in [0.29, 0.717) is 0 Å². The first-order valence-electron chi connectivity index (χ1n) is 5.13. The van der Waals surface area contributed by atoms with Crippen LogP contribution < -0.4 is 5.73 Å². The number of rotatable bonds is 3. The monoisotopic (exact) mass is 201 g/mol. The molecule has 0 saturated carbocycles. The third-order valence-electron chi connectivity index (χ3n) is 2.55. The summed E-state index contributed by atoms with van der Waals surface area (Å²) in [4.78, 5) is 0. The Morgan fingerprint density at radius 1 is 1.07 bits per heavy atom. The Balaban J connectivity index is 2.30. The maximum atomic E-state index is 8.88. The zero-order chi connectivity index (χ0) is 10.7. The Hall–Kier alpha value is -1.38. The molecule has 0 aliphatic heterocycles. The molecule has 0 bridgehead atoms. The van der Waals surface area contributed by atoms with E-state index >= 15 is 0 Å². The van der Waals surface area contributed by atoms with Gasteiger partial charge in [-0.3, -0.25) is 0 Å². The summed E-state index contributed by atoms with van der Waals surface area (Å²) in [6.07, 6.45) is 0.724. The zero-order valence-electron chi connectivity index (χ0n) is 8.56. The van der Waals surface area contributed by atoms with Crippen molar-refractivity contribution < 1.29 is 5.11 Å². The molecule has 0 heterocycles. The normalized spacial score (nSPS) is 12.9. The van der Waals surface area contributed by atoms with E-state index in [1.807, 2.05) is 12.1 Å². The first-order valence-corrected chi connectivity index (χ1v) is 5.13. The first kappa shape index (κ1) is 10.1. The number of aliphatic hydroxyl groups is 1. The van der Waals surface area contributed by atoms with Crippen LogP contribution in [0.1, 0.15) is 5.56 Å². The number of nitrogens with two attached hydrogens (primary N) is 1. The molecular formula is C13H15NO. The van der Waals surface area contributed by atoms with Crippen molar-refractivity contribution in [3.8, 4) is 0 Å². The zero-order valence-corrected chi connectivity index (χ0v) is 8.56. The second-order valence-electron chi connectivity index (χ2n) is 3.83. The van der Waals surface area contributed by atoms with E-state index in [-0.39, 0.29) is 12.6 Å². The molecule has 0 fully saturated rings. The molecule has 2 heteroatoms. The Morgan fingerprint density at radius 3 is 2.53 bits per heavy atom. The quantitative estimate of drug-likeness (QED) is 0.794. The van der Waals surface area contributed by atoms with Crippen LogP contribution >= 0.6 is 0 Å². The van der Waals surface area contributed by atoms with Gasteiger partial charge in [0, 0.05) is 6.04 Å². The highest BCUT2D eigenvalue weighted by molar-refractivity contribution is 5.82. The summed E-state index contributed by atoms with van der Waals surface area (Å²) >= 11 is 0. The summed E-state index contributed by atoms with van der Waals surface area (Å²) in [6, 6.07) is 14.4. The van der Waals surface area contributed by atoms with E-state index in [1.54, 1.807) is 0 Å². The third-order valence-corrected chi connectivity index (χ3v) is 2.55. The summed E-state index contributed by atoms with van der Waals surface area (Å²) < 4.78 is 0. The van der Waals surface area contributed by atoms with Crippen LogP contribution in [0.15, 0.2) is 42.5 Å². The van der Waals surface area contributed by atoms with Crippen LogP contribution in [0, 0.1) is 0 Å². The summed E-state index contributed by atoms with van der Waals surface area (Å²) in [6.45, 7) is 0.0346. The van der Waals surface area contributed by atoms with Gasteiger partial charge in [0.1, 0.15) is 0 Å². The first-order chi connectivity index (χ1) is 7.29. The van der Waals surface area contributed by atoms with E-state index in [0.717, 1.165) is 6.42 Å². The number of hydrogen-bond donors (Lipinski definition) is 2. The smallest absolute Gasteiger partial charge is 0.0585 e. The van der Waals surface area contributed by atoms with Crippen LogP contribution in [0.5, 0.6) is 0 Å². The summed E-state index contributed by atoms with van der Waals surface area (Å²) in [7, 11) is 0. The molecule has 0 spiro atoms. The van der Waals surface area contributed by atoms with Gasteiger partial charge in [0.2, 0.25) is 0 Å². The highest BCUT2D eigenvalue weighted by Crippen LogP contribution is 2.16. The minimum absolute atomic E-state index is 0.0346. The van der Waals surface area contributed by atoms with E-state index in [9.17, 15) is 0 Å². The van der Waals surface area contributed by atoms with E-state index in [4.69, 9.17) is 10.8 Å². The highest BCUT2D eigenvalue weighted by Gasteiger charge is 2.02.